The van der Waals surface area contributed by atoms with Gasteiger partial charge in [-0.25, -0.2) is 4.79 Å². The molecule has 0 spiro atoms. The molecule has 0 radical (unpaired) electrons. The topological polar surface area (TPSA) is 66.4 Å². The third kappa shape index (κ3) is 4.86. The van der Waals surface area contributed by atoms with E-state index in [1.807, 2.05) is 43.3 Å². The van der Waals surface area contributed by atoms with Crippen LogP contribution in [-0.4, -0.2) is 22.7 Å². The Bertz CT molecular complexity index is 703. The van der Waals surface area contributed by atoms with Crippen molar-refractivity contribution in [2.45, 2.75) is 19.4 Å². The highest BCUT2D eigenvalue weighted by Crippen LogP contribution is 2.17. The number of aryl methyl sites for hydroxylation is 1. The zero-order valence-electron chi connectivity index (χ0n) is 13.5. The zero-order valence-corrected chi connectivity index (χ0v) is 14.4. The van der Waals surface area contributed by atoms with Gasteiger partial charge in [-0.3, -0.25) is 4.79 Å². The van der Waals surface area contributed by atoms with E-state index in [4.69, 9.17) is 0 Å². The maximum atomic E-state index is 12.5. The van der Waals surface area contributed by atoms with Crippen LogP contribution in [0.3, 0.4) is 0 Å². The quantitative estimate of drug-likeness (QED) is 0.677. The van der Waals surface area contributed by atoms with Crippen molar-refractivity contribution < 1.29 is 14.7 Å². The Kier molecular flexibility index (Phi) is 6.44. The summed E-state index contributed by atoms with van der Waals surface area (Å²) >= 11 is 4.25. The number of hydrogen-bond donors (Lipinski definition) is 3. The maximum absolute atomic E-state index is 12.5. The standard InChI is InChI=1S/C19H21NO3S/c1-13-6-5-9-15(10-13)17(19(22)23)20-18(21)16(12-24)11-14-7-3-2-4-8-14/h2-10,16-17,24H,11-12H2,1H3,(H,20,21)(H,22,23). The second kappa shape index (κ2) is 8.55. The first kappa shape index (κ1) is 18.1. The van der Waals surface area contributed by atoms with Crippen LogP contribution in [0.25, 0.3) is 0 Å². The highest BCUT2D eigenvalue weighted by molar-refractivity contribution is 7.80. The molecule has 1 amide bonds. The van der Waals surface area contributed by atoms with Crippen LogP contribution in [0.4, 0.5) is 0 Å². The van der Waals surface area contributed by atoms with Crippen LogP contribution in [0.5, 0.6) is 0 Å². The van der Waals surface area contributed by atoms with Crippen molar-refractivity contribution in [2.24, 2.45) is 5.92 Å². The first-order valence-electron chi connectivity index (χ1n) is 7.75. The normalized spacial score (nSPS) is 13.1. The first-order chi connectivity index (χ1) is 11.5. The van der Waals surface area contributed by atoms with E-state index >= 15 is 0 Å². The molecule has 0 aromatic heterocycles. The van der Waals surface area contributed by atoms with Crippen molar-refractivity contribution in [2.75, 3.05) is 5.75 Å². The van der Waals surface area contributed by atoms with E-state index in [9.17, 15) is 14.7 Å². The minimum atomic E-state index is -1.08. The summed E-state index contributed by atoms with van der Waals surface area (Å²) < 4.78 is 0. The fraction of sp³-hybridized carbons (Fsp3) is 0.263. The Hall–Kier alpha value is -2.27. The number of amides is 1. The summed E-state index contributed by atoms with van der Waals surface area (Å²) in [4.78, 5) is 24.1. The van der Waals surface area contributed by atoms with Crippen LogP contribution in [0, 0.1) is 12.8 Å². The van der Waals surface area contributed by atoms with E-state index in [1.165, 1.54) is 0 Å². The Morgan fingerprint density at radius 2 is 1.83 bits per heavy atom. The Balaban J connectivity index is 2.12. The van der Waals surface area contributed by atoms with Gasteiger partial charge in [0.1, 0.15) is 0 Å². The van der Waals surface area contributed by atoms with E-state index in [2.05, 4.69) is 17.9 Å². The summed E-state index contributed by atoms with van der Waals surface area (Å²) in [6, 6.07) is 15.7. The fourth-order valence-corrected chi connectivity index (χ4v) is 2.83. The lowest BCUT2D eigenvalue weighted by Crippen LogP contribution is -2.39. The summed E-state index contributed by atoms with van der Waals surface area (Å²) in [5.74, 6) is -1.42. The van der Waals surface area contributed by atoms with Gasteiger partial charge in [0.15, 0.2) is 6.04 Å². The predicted octanol–water partition coefficient (Wildman–Crippen LogP) is 3.03. The Labute approximate surface area is 147 Å². The number of carboxylic acid groups (broad SMARTS) is 1. The molecule has 0 aliphatic heterocycles. The number of benzene rings is 2. The van der Waals surface area contributed by atoms with Gasteiger partial charge in [-0.2, -0.15) is 12.6 Å². The number of carbonyl (C=O) groups is 2. The fourth-order valence-electron chi connectivity index (χ4n) is 2.54. The van der Waals surface area contributed by atoms with Gasteiger partial charge in [0.05, 0.1) is 5.92 Å². The molecule has 126 valence electrons. The molecule has 2 N–H and O–H groups in total. The molecule has 0 fully saturated rings. The van der Waals surface area contributed by atoms with Crippen molar-refractivity contribution in [3.63, 3.8) is 0 Å². The molecular weight excluding hydrogens is 322 g/mol. The molecule has 0 saturated carbocycles. The number of carbonyl (C=O) groups excluding carboxylic acids is 1. The van der Waals surface area contributed by atoms with Crippen LogP contribution in [0.2, 0.25) is 0 Å². The molecule has 24 heavy (non-hydrogen) atoms. The summed E-state index contributed by atoms with van der Waals surface area (Å²) in [6.45, 7) is 1.89. The van der Waals surface area contributed by atoms with Crippen molar-refractivity contribution in [3.8, 4) is 0 Å². The van der Waals surface area contributed by atoms with Crippen LogP contribution in [0.15, 0.2) is 54.6 Å². The lowest BCUT2D eigenvalue weighted by molar-refractivity contribution is -0.142. The molecule has 2 aromatic rings. The van der Waals surface area contributed by atoms with E-state index < -0.39 is 12.0 Å². The number of nitrogens with one attached hydrogen (secondary N) is 1. The van der Waals surface area contributed by atoms with E-state index in [0.717, 1.165) is 11.1 Å². The van der Waals surface area contributed by atoms with Gasteiger partial charge in [0, 0.05) is 5.75 Å². The molecule has 0 heterocycles. The number of hydrogen-bond acceptors (Lipinski definition) is 3. The van der Waals surface area contributed by atoms with Gasteiger partial charge in [0.25, 0.3) is 0 Å². The highest BCUT2D eigenvalue weighted by atomic mass is 32.1. The Morgan fingerprint density at radius 1 is 1.12 bits per heavy atom. The van der Waals surface area contributed by atoms with Gasteiger partial charge < -0.3 is 10.4 Å². The molecule has 0 bridgehead atoms. The lowest BCUT2D eigenvalue weighted by atomic mass is 9.98. The predicted molar refractivity (Wildman–Crippen MR) is 97.2 cm³/mol. The minimum absolute atomic E-state index is 0.303. The van der Waals surface area contributed by atoms with Gasteiger partial charge in [-0.15, -0.1) is 0 Å². The summed E-state index contributed by atoms with van der Waals surface area (Å²) in [5.41, 5.74) is 2.53. The third-order valence-electron chi connectivity index (χ3n) is 3.83. The molecule has 2 atom stereocenters. The van der Waals surface area contributed by atoms with Gasteiger partial charge >= 0.3 is 5.97 Å². The van der Waals surface area contributed by atoms with Crippen molar-refractivity contribution in [3.05, 3.63) is 71.3 Å². The molecule has 0 saturated heterocycles. The maximum Gasteiger partial charge on any atom is 0.330 e. The second-order valence-electron chi connectivity index (χ2n) is 5.76. The molecule has 4 nitrogen and oxygen atoms in total. The molecule has 2 aromatic carbocycles. The molecule has 0 aliphatic rings. The SMILES string of the molecule is Cc1cccc(C(NC(=O)C(CS)Cc2ccccc2)C(=O)O)c1. The van der Waals surface area contributed by atoms with Crippen LogP contribution in [-0.2, 0) is 16.0 Å². The van der Waals surface area contributed by atoms with Gasteiger partial charge in [-0.05, 0) is 24.5 Å². The first-order valence-corrected chi connectivity index (χ1v) is 8.39. The molecule has 2 rings (SSSR count). The number of carboxylic acids is 1. The van der Waals surface area contributed by atoms with Crippen molar-refractivity contribution in [1.29, 1.82) is 0 Å². The zero-order chi connectivity index (χ0) is 17.5. The minimum Gasteiger partial charge on any atom is -0.479 e. The van der Waals surface area contributed by atoms with E-state index in [1.54, 1.807) is 18.2 Å². The van der Waals surface area contributed by atoms with Gasteiger partial charge in [-0.1, -0.05) is 60.2 Å². The van der Waals surface area contributed by atoms with Crippen molar-refractivity contribution in [1.82, 2.24) is 5.32 Å². The largest absolute Gasteiger partial charge is 0.479 e. The second-order valence-corrected chi connectivity index (χ2v) is 6.13. The third-order valence-corrected chi connectivity index (χ3v) is 4.27. The van der Waals surface area contributed by atoms with Crippen molar-refractivity contribution >= 4 is 24.5 Å². The van der Waals surface area contributed by atoms with E-state index in [0.29, 0.717) is 17.7 Å². The monoisotopic (exact) mass is 343 g/mol. The van der Waals surface area contributed by atoms with Crippen LogP contribution < -0.4 is 5.32 Å². The van der Waals surface area contributed by atoms with Crippen LogP contribution in [0.1, 0.15) is 22.7 Å². The molecule has 0 aliphatic carbocycles. The van der Waals surface area contributed by atoms with Gasteiger partial charge in [0.2, 0.25) is 5.91 Å². The smallest absolute Gasteiger partial charge is 0.330 e. The summed E-state index contributed by atoms with van der Waals surface area (Å²) in [6.07, 6.45) is 0.524. The molecule has 2 unspecified atom stereocenters. The number of rotatable bonds is 7. The average molecular weight is 343 g/mol. The lowest BCUT2D eigenvalue weighted by Gasteiger charge is -2.20. The Morgan fingerprint density at radius 3 is 2.42 bits per heavy atom. The molecular formula is C19H21NO3S. The summed E-state index contributed by atoms with van der Waals surface area (Å²) in [5, 5.41) is 12.1. The highest BCUT2D eigenvalue weighted by Gasteiger charge is 2.26. The average Bonchev–Trinajstić information content (AvgIpc) is 2.58. The number of thiol groups is 1. The number of aliphatic carboxylic acids is 1. The van der Waals surface area contributed by atoms with E-state index in [-0.39, 0.29) is 11.8 Å². The summed E-state index contributed by atoms with van der Waals surface area (Å²) in [7, 11) is 0. The van der Waals surface area contributed by atoms with Crippen LogP contribution >= 0.6 is 12.6 Å². The molecule has 5 heteroatoms.